The summed E-state index contributed by atoms with van der Waals surface area (Å²) < 4.78 is 6.70. The van der Waals surface area contributed by atoms with Crippen molar-refractivity contribution in [2.75, 3.05) is 11.1 Å². The van der Waals surface area contributed by atoms with Gasteiger partial charge in [-0.2, -0.15) is 0 Å². The van der Waals surface area contributed by atoms with Gasteiger partial charge in [0.2, 0.25) is 0 Å². The fourth-order valence-electron chi connectivity index (χ4n) is 3.32. The molecule has 1 fully saturated rings. The van der Waals surface area contributed by atoms with Gasteiger partial charge in [-0.1, -0.05) is 47.4 Å². The first-order valence-corrected chi connectivity index (χ1v) is 10.7. The highest BCUT2D eigenvalue weighted by Gasteiger charge is 2.24. The van der Waals surface area contributed by atoms with Crippen molar-refractivity contribution in [2.24, 2.45) is 0 Å². The van der Waals surface area contributed by atoms with E-state index in [9.17, 15) is 5.11 Å². The fraction of sp³-hybridized carbons (Fsp3) is 0.368. The van der Waals surface area contributed by atoms with Gasteiger partial charge in [0.05, 0.1) is 27.4 Å². The number of thiazole rings is 1. The summed E-state index contributed by atoms with van der Waals surface area (Å²) in [5.41, 5.74) is 7.26. The molecular formula is C19H20Cl2N4O2S. The smallest absolute Gasteiger partial charge is 0.184 e. The van der Waals surface area contributed by atoms with Crippen molar-refractivity contribution in [1.82, 2.24) is 9.97 Å². The minimum atomic E-state index is -0.340. The molecule has 6 nitrogen and oxygen atoms in total. The number of benzene rings is 1. The SMILES string of the molecule is Nc1nccc(COc2ccc3nc(N[C@@H]4CCCC[C@H]4O)sc3c2Cl)c1Cl. The molecule has 3 aromatic rings. The Morgan fingerprint density at radius 3 is 2.86 bits per heavy atom. The summed E-state index contributed by atoms with van der Waals surface area (Å²) in [7, 11) is 0. The average Bonchev–Trinajstić information content (AvgIpc) is 3.10. The van der Waals surface area contributed by atoms with Gasteiger partial charge < -0.3 is 20.9 Å². The third-order valence-electron chi connectivity index (χ3n) is 4.88. The first-order chi connectivity index (χ1) is 13.5. The van der Waals surface area contributed by atoms with E-state index in [1.54, 1.807) is 18.3 Å². The van der Waals surface area contributed by atoms with Crippen molar-refractivity contribution < 1.29 is 9.84 Å². The second-order valence-corrected chi connectivity index (χ2v) is 8.56. The standard InChI is InChI=1S/C19H20Cl2N4O2S/c20-15-10(7-8-23-18(15)22)9-27-14-6-5-12-17(16(14)21)28-19(25-12)24-11-3-1-2-4-13(11)26/h5-8,11,13,26H,1-4,9H2,(H2,22,23)(H,24,25)/t11-,13-/m1/s1. The summed E-state index contributed by atoms with van der Waals surface area (Å²) in [5.74, 6) is 0.820. The van der Waals surface area contributed by atoms with Crippen LogP contribution in [0.25, 0.3) is 10.2 Å². The van der Waals surface area contributed by atoms with Crippen LogP contribution in [0.5, 0.6) is 5.75 Å². The van der Waals surface area contributed by atoms with Crippen LogP contribution in [0.2, 0.25) is 10.0 Å². The molecule has 0 bridgehead atoms. The van der Waals surface area contributed by atoms with Crippen molar-refractivity contribution in [2.45, 2.75) is 44.4 Å². The highest BCUT2D eigenvalue weighted by atomic mass is 35.5. The van der Waals surface area contributed by atoms with Crippen LogP contribution in [-0.2, 0) is 6.61 Å². The van der Waals surface area contributed by atoms with E-state index in [-0.39, 0.29) is 24.6 Å². The quantitative estimate of drug-likeness (QED) is 0.525. The number of aliphatic hydroxyl groups is 1. The van der Waals surface area contributed by atoms with Gasteiger partial charge in [-0.25, -0.2) is 9.97 Å². The summed E-state index contributed by atoms with van der Waals surface area (Å²) >= 11 is 14.2. The van der Waals surface area contributed by atoms with Crippen LogP contribution in [0.1, 0.15) is 31.2 Å². The lowest BCUT2D eigenvalue weighted by atomic mass is 9.93. The molecule has 0 unspecified atom stereocenters. The topological polar surface area (TPSA) is 93.3 Å². The van der Waals surface area contributed by atoms with Crippen molar-refractivity contribution in [1.29, 1.82) is 0 Å². The number of hydrogen-bond donors (Lipinski definition) is 3. The summed E-state index contributed by atoms with van der Waals surface area (Å²) in [5, 5.41) is 15.2. The van der Waals surface area contributed by atoms with E-state index < -0.39 is 0 Å². The highest BCUT2D eigenvalue weighted by Crippen LogP contribution is 2.39. The van der Waals surface area contributed by atoms with E-state index >= 15 is 0 Å². The van der Waals surface area contributed by atoms with E-state index in [1.807, 2.05) is 6.07 Å². The predicted octanol–water partition coefficient (Wildman–Crippen LogP) is 4.87. The van der Waals surface area contributed by atoms with Crippen molar-refractivity contribution in [3.8, 4) is 5.75 Å². The van der Waals surface area contributed by atoms with E-state index in [4.69, 9.17) is 33.7 Å². The van der Waals surface area contributed by atoms with E-state index in [0.717, 1.165) is 46.6 Å². The molecule has 2 aromatic heterocycles. The zero-order chi connectivity index (χ0) is 19.7. The molecule has 148 valence electrons. The van der Waals surface area contributed by atoms with Crippen LogP contribution < -0.4 is 15.8 Å². The molecule has 28 heavy (non-hydrogen) atoms. The second kappa shape index (κ2) is 8.29. The minimum absolute atomic E-state index is 0.0306. The molecule has 1 aliphatic carbocycles. The summed E-state index contributed by atoms with van der Waals surface area (Å²) in [4.78, 5) is 8.54. The number of pyridine rings is 1. The van der Waals surface area contributed by atoms with Crippen LogP contribution in [0.15, 0.2) is 24.4 Å². The van der Waals surface area contributed by atoms with Crippen LogP contribution >= 0.6 is 34.5 Å². The summed E-state index contributed by atoms with van der Waals surface area (Å²) in [6, 6.07) is 5.46. The second-order valence-electron chi connectivity index (χ2n) is 6.81. The number of nitrogens with zero attached hydrogens (tertiary/aromatic N) is 2. The molecule has 2 heterocycles. The van der Waals surface area contributed by atoms with Crippen molar-refractivity contribution >= 4 is 55.7 Å². The number of anilines is 2. The lowest BCUT2D eigenvalue weighted by Crippen LogP contribution is -2.36. The van der Waals surface area contributed by atoms with Crippen LogP contribution in [-0.4, -0.2) is 27.2 Å². The van der Waals surface area contributed by atoms with Crippen LogP contribution in [0.3, 0.4) is 0 Å². The van der Waals surface area contributed by atoms with E-state index in [2.05, 4.69) is 15.3 Å². The highest BCUT2D eigenvalue weighted by molar-refractivity contribution is 7.22. The first kappa shape index (κ1) is 19.5. The molecule has 0 spiro atoms. The molecule has 4 rings (SSSR count). The Morgan fingerprint density at radius 1 is 1.21 bits per heavy atom. The van der Waals surface area contributed by atoms with Gasteiger partial charge in [0.25, 0.3) is 0 Å². The van der Waals surface area contributed by atoms with Crippen molar-refractivity contribution in [3.63, 3.8) is 0 Å². The first-order valence-electron chi connectivity index (χ1n) is 9.08. The monoisotopic (exact) mass is 438 g/mol. The average molecular weight is 439 g/mol. The normalized spacial score (nSPS) is 19.7. The molecule has 0 radical (unpaired) electrons. The maximum atomic E-state index is 10.2. The fourth-order valence-corrected chi connectivity index (χ4v) is 4.77. The van der Waals surface area contributed by atoms with E-state index in [0.29, 0.717) is 15.8 Å². The lowest BCUT2D eigenvalue weighted by Gasteiger charge is -2.27. The Bertz CT molecular complexity index is 997. The number of rotatable bonds is 5. The van der Waals surface area contributed by atoms with Gasteiger partial charge >= 0.3 is 0 Å². The van der Waals surface area contributed by atoms with Gasteiger partial charge in [-0.3, -0.25) is 0 Å². The number of nitrogen functional groups attached to an aromatic ring is 1. The van der Waals surface area contributed by atoms with Gasteiger partial charge in [0.1, 0.15) is 23.2 Å². The molecule has 0 saturated heterocycles. The summed E-state index contributed by atoms with van der Waals surface area (Å²) in [6.45, 7) is 0.231. The molecule has 4 N–H and O–H groups in total. The molecule has 0 aliphatic heterocycles. The number of hydrogen-bond acceptors (Lipinski definition) is 7. The number of ether oxygens (including phenoxy) is 1. The number of halogens is 2. The Kier molecular flexibility index (Phi) is 5.78. The zero-order valence-corrected chi connectivity index (χ0v) is 17.3. The largest absolute Gasteiger partial charge is 0.487 e. The molecule has 9 heteroatoms. The molecule has 1 aromatic carbocycles. The lowest BCUT2D eigenvalue weighted by molar-refractivity contribution is 0.116. The van der Waals surface area contributed by atoms with Crippen LogP contribution in [0.4, 0.5) is 10.9 Å². The van der Waals surface area contributed by atoms with Crippen LogP contribution in [0, 0.1) is 0 Å². The molecule has 1 aliphatic rings. The third-order valence-corrected chi connectivity index (χ3v) is 6.82. The number of aromatic nitrogens is 2. The van der Waals surface area contributed by atoms with E-state index in [1.165, 1.54) is 11.3 Å². The Balaban J connectivity index is 1.52. The van der Waals surface area contributed by atoms with Gasteiger partial charge in [-0.05, 0) is 31.0 Å². The maximum absolute atomic E-state index is 10.2. The van der Waals surface area contributed by atoms with Gasteiger partial charge in [0.15, 0.2) is 5.13 Å². The van der Waals surface area contributed by atoms with Gasteiger partial charge in [0, 0.05) is 11.8 Å². The molecule has 0 amide bonds. The predicted molar refractivity (Wildman–Crippen MR) is 115 cm³/mol. The zero-order valence-electron chi connectivity index (χ0n) is 15.0. The summed E-state index contributed by atoms with van der Waals surface area (Å²) in [6.07, 6.45) is 5.19. The molecule has 1 saturated carbocycles. The van der Waals surface area contributed by atoms with Crippen molar-refractivity contribution in [3.05, 3.63) is 40.0 Å². The Morgan fingerprint density at radius 2 is 2.04 bits per heavy atom. The number of fused-ring (bicyclic) bond motifs is 1. The molecular weight excluding hydrogens is 419 g/mol. The van der Waals surface area contributed by atoms with Gasteiger partial charge in [-0.15, -0.1) is 0 Å². The number of aliphatic hydroxyl groups excluding tert-OH is 1. The number of nitrogens with two attached hydrogens (primary N) is 1. The maximum Gasteiger partial charge on any atom is 0.184 e. The third kappa shape index (κ3) is 3.98. The minimum Gasteiger partial charge on any atom is -0.487 e. The Hall–Kier alpha value is -1.80. The number of nitrogens with one attached hydrogen (secondary N) is 1. The molecule has 2 atom stereocenters. The Labute approximate surface area is 176 Å².